The molecular weight excluding hydrogens is 500 g/mol. The zero-order valence-electron chi connectivity index (χ0n) is 22.5. The monoisotopic (exact) mass is 536 g/mol. The van der Waals surface area contributed by atoms with Crippen LogP contribution in [0.1, 0.15) is 25.7 Å². The predicted octanol–water partition coefficient (Wildman–Crippen LogP) is 5.12. The largest absolute Gasteiger partial charge is 0.490 e. The lowest BCUT2D eigenvalue weighted by Gasteiger charge is -2.27. The van der Waals surface area contributed by atoms with E-state index in [4.69, 9.17) is 19.2 Å². The number of carbonyl (C=O) groups is 2. The summed E-state index contributed by atoms with van der Waals surface area (Å²) in [7, 11) is 0.370. The smallest absolute Gasteiger partial charge is 0.229 e. The summed E-state index contributed by atoms with van der Waals surface area (Å²) in [4.78, 5) is 32.8. The van der Waals surface area contributed by atoms with Crippen LogP contribution >= 0.6 is 0 Å². The van der Waals surface area contributed by atoms with Gasteiger partial charge in [0.05, 0.1) is 18.8 Å². The van der Waals surface area contributed by atoms with Crippen LogP contribution in [0.25, 0.3) is 22.2 Å². The Balaban J connectivity index is 1.51. The molecule has 0 aromatic carbocycles. The third-order valence-corrected chi connectivity index (χ3v) is 8.94. The van der Waals surface area contributed by atoms with Gasteiger partial charge in [-0.15, -0.1) is 0 Å². The summed E-state index contributed by atoms with van der Waals surface area (Å²) in [6.07, 6.45) is 8.56. The number of aromatic nitrogens is 3. The van der Waals surface area contributed by atoms with Crippen LogP contribution in [0.2, 0.25) is 25.7 Å². The van der Waals surface area contributed by atoms with E-state index in [1.807, 2.05) is 22.9 Å². The van der Waals surface area contributed by atoms with Gasteiger partial charge in [-0.2, -0.15) is 0 Å². The van der Waals surface area contributed by atoms with Crippen LogP contribution in [0.3, 0.4) is 0 Å². The molecule has 0 unspecified atom stereocenters. The van der Waals surface area contributed by atoms with Gasteiger partial charge in [-0.25, -0.2) is 9.97 Å². The molecule has 3 aromatic rings. The SMILES string of the molecule is COc1nccc(OC2CCC2)c1-c1cn(COCC[Si](C)(C)C)c2nc(NC(=O)[C@@H]3C[C@H]3C=O)ccc12. The molecule has 0 spiro atoms. The molecule has 0 saturated heterocycles. The first-order valence-corrected chi connectivity index (χ1v) is 17.0. The van der Waals surface area contributed by atoms with Crippen molar-refractivity contribution in [3.63, 3.8) is 0 Å². The fourth-order valence-corrected chi connectivity index (χ4v) is 5.31. The number of nitrogens with zero attached hydrogens (tertiary/aromatic N) is 3. The van der Waals surface area contributed by atoms with E-state index in [1.165, 1.54) is 6.42 Å². The van der Waals surface area contributed by atoms with Gasteiger partial charge in [0.2, 0.25) is 11.8 Å². The highest BCUT2D eigenvalue weighted by Crippen LogP contribution is 2.43. The van der Waals surface area contributed by atoms with E-state index in [1.54, 1.807) is 19.4 Å². The third-order valence-electron chi connectivity index (χ3n) is 7.24. The molecular formula is C28H36N4O5Si. The number of nitrogens with one attached hydrogen (secondary N) is 1. The normalized spacial score (nSPS) is 19.2. The third kappa shape index (κ3) is 5.76. The molecule has 0 radical (unpaired) electrons. The van der Waals surface area contributed by atoms with Crippen LogP contribution in [-0.4, -0.2) is 54.6 Å². The van der Waals surface area contributed by atoms with Gasteiger partial charge in [0, 0.05) is 49.9 Å². The molecule has 1 amide bonds. The van der Waals surface area contributed by atoms with Crippen LogP contribution in [0.15, 0.2) is 30.6 Å². The van der Waals surface area contributed by atoms with Crippen molar-refractivity contribution in [2.45, 2.75) is 64.2 Å². The summed E-state index contributed by atoms with van der Waals surface area (Å²) in [5.41, 5.74) is 2.33. The Bertz CT molecular complexity index is 1330. The topological polar surface area (TPSA) is 105 Å². The molecule has 2 fully saturated rings. The number of anilines is 1. The molecule has 2 saturated carbocycles. The summed E-state index contributed by atoms with van der Waals surface area (Å²) < 4.78 is 20.0. The number of methoxy groups -OCH3 is 1. The maximum atomic E-state index is 12.6. The zero-order chi connectivity index (χ0) is 26.9. The van der Waals surface area contributed by atoms with Crippen molar-refractivity contribution in [2.75, 3.05) is 19.0 Å². The second-order valence-electron chi connectivity index (χ2n) is 11.4. The summed E-state index contributed by atoms with van der Waals surface area (Å²) >= 11 is 0. The van der Waals surface area contributed by atoms with Gasteiger partial charge in [0.25, 0.3) is 0 Å². The van der Waals surface area contributed by atoms with E-state index in [9.17, 15) is 9.59 Å². The van der Waals surface area contributed by atoms with Crippen molar-refractivity contribution in [2.24, 2.45) is 11.8 Å². The van der Waals surface area contributed by atoms with Gasteiger partial charge in [0.1, 0.15) is 30.2 Å². The Labute approximate surface area is 223 Å². The Kier molecular flexibility index (Phi) is 7.53. The number of carbonyl (C=O) groups excluding carboxylic acids is 2. The van der Waals surface area contributed by atoms with Crippen LogP contribution in [0.5, 0.6) is 11.6 Å². The molecule has 2 atom stereocenters. The summed E-state index contributed by atoms with van der Waals surface area (Å²) in [6.45, 7) is 7.96. The van der Waals surface area contributed by atoms with Crippen molar-refractivity contribution in [3.05, 3.63) is 30.6 Å². The minimum Gasteiger partial charge on any atom is -0.490 e. The minimum atomic E-state index is -1.23. The molecule has 9 nitrogen and oxygen atoms in total. The Morgan fingerprint density at radius 1 is 1.24 bits per heavy atom. The Morgan fingerprint density at radius 3 is 2.71 bits per heavy atom. The lowest BCUT2D eigenvalue weighted by Crippen LogP contribution is -2.24. The fourth-order valence-electron chi connectivity index (χ4n) is 4.55. The first-order chi connectivity index (χ1) is 18.3. The molecule has 0 bridgehead atoms. The van der Waals surface area contributed by atoms with Gasteiger partial charge in [-0.1, -0.05) is 19.6 Å². The van der Waals surface area contributed by atoms with Gasteiger partial charge in [-0.3, -0.25) is 4.79 Å². The van der Waals surface area contributed by atoms with E-state index in [0.717, 1.165) is 47.4 Å². The van der Waals surface area contributed by atoms with Crippen molar-refractivity contribution in [1.82, 2.24) is 14.5 Å². The first-order valence-electron chi connectivity index (χ1n) is 13.3. The second-order valence-corrected chi connectivity index (χ2v) is 17.0. The van der Waals surface area contributed by atoms with E-state index in [2.05, 4.69) is 29.9 Å². The van der Waals surface area contributed by atoms with E-state index in [0.29, 0.717) is 37.1 Å². The first kappa shape index (κ1) is 26.4. The van der Waals surface area contributed by atoms with Gasteiger partial charge in [-0.05, 0) is 49.9 Å². The van der Waals surface area contributed by atoms with Gasteiger partial charge >= 0.3 is 0 Å². The summed E-state index contributed by atoms with van der Waals surface area (Å²) in [5, 5.41) is 3.75. The van der Waals surface area contributed by atoms with E-state index < -0.39 is 8.07 Å². The molecule has 3 aromatic heterocycles. The Morgan fingerprint density at radius 2 is 2.05 bits per heavy atom. The van der Waals surface area contributed by atoms with E-state index in [-0.39, 0.29) is 23.8 Å². The fraction of sp³-hybridized carbons (Fsp3) is 0.500. The lowest BCUT2D eigenvalue weighted by atomic mass is 9.96. The van der Waals surface area contributed by atoms with Crippen LogP contribution in [-0.2, 0) is 21.1 Å². The summed E-state index contributed by atoms with van der Waals surface area (Å²) in [6, 6.07) is 6.66. The highest BCUT2D eigenvalue weighted by atomic mass is 28.3. The van der Waals surface area contributed by atoms with Gasteiger partial charge < -0.3 is 28.9 Å². The molecule has 5 rings (SSSR count). The maximum Gasteiger partial charge on any atom is 0.229 e. The molecule has 3 heterocycles. The van der Waals surface area contributed by atoms with Crippen molar-refractivity contribution in [1.29, 1.82) is 0 Å². The lowest BCUT2D eigenvalue weighted by molar-refractivity contribution is -0.119. The quantitative estimate of drug-likeness (QED) is 0.194. The van der Waals surface area contributed by atoms with Gasteiger partial charge in [0.15, 0.2) is 0 Å². The minimum absolute atomic E-state index is 0.177. The number of amides is 1. The zero-order valence-corrected chi connectivity index (χ0v) is 23.5. The molecule has 202 valence electrons. The molecule has 38 heavy (non-hydrogen) atoms. The number of hydrogen-bond acceptors (Lipinski definition) is 7. The van der Waals surface area contributed by atoms with Crippen molar-refractivity contribution >= 4 is 37.1 Å². The maximum absolute atomic E-state index is 12.6. The number of aldehydes is 1. The predicted molar refractivity (Wildman–Crippen MR) is 148 cm³/mol. The molecule has 2 aliphatic rings. The van der Waals surface area contributed by atoms with Crippen LogP contribution < -0.4 is 14.8 Å². The van der Waals surface area contributed by atoms with E-state index >= 15 is 0 Å². The molecule has 0 aliphatic heterocycles. The number of hydrogen-bond donors (Lipinski definition) is 1. The average Bonchev–Trinajstić information content (AvgIpc) is 3.58. The molecule has 2 aliphatic carbocycles. The average molecular weight is 537 g/mol. The van der Waals surface area contributed by atoms with Crippen LogP contribution in [0.4, 0.5) is 5.82 Å². The standard InChI is InChI=1S/C28H36N4O5Si/c1-35-28-25(23(10-11-29-28)37-19-6-5-7-19)22-15-32(17-36-12-13-38(2,3)4)26-20(22)8-9-24(30-26)31-27(34)21-14-18(21)16-33/h8-11,15-16,18-19,21H,5-7,12-14,17H2,1-4H3,(H,30,31,34)/t18-,21+/m0/s1. The molecule has 10 heteroatoms. The Hall–Kier alpha value is -3.24. The molecule has 1 N–H and O–H groups in total. The number of ether oxygens (including phenoxy) is 3. The van der Waals surface area contributed by atoms with Crippen LogP contribution in [0, 0.1) is 11.8 Å². The highest BCUT2D eigenvalue weighted by molar-refractivity contribution is 6.76. The number of pyridine rings is 2. The highest BCUT2D eigenvalue weighted by Gasteiger charge is 2.43. The summed E-state index contributed by atoms with van der Waals surface area (Å²) in [5.74, 6) is 1.00. The number of rotatable bonds is 12. The van der Waals surface area contributed by atoms with Crippen molar-refractivity contribution in [3.8, 4) is 22.8 Å². The van der Waals surface area contributed by atoms with Crippen molar-refractivity contribution < 1.29 is 23.8 Å². The second kappa shape index (κ2) is 10.9. The number of fused-ring (bicyclic) bond motifs is 1.